The Morgan fingerprint density at radius 2 is 1.90 bits per heavy atom. The summed E-state index contributed by atoms with van der Waals surface area (Å²) in [5.74, 6) is 7.44. The maximum absolute atomic E-state index is 13.2. The minimum atomic E-state index is -3.86. The van der Waals surface area contributed by atoms with Gasteiger partial charge in [-0.3, -0.25) is 0 Å². The molecule has 2 aromatic heterocycles. The summed E-state index contributed by atoms with van der Waals surface area (Å²) in [6.07, 6.45) is 2.12. The summed E-state index contributed by atoms with van der Waals surface area (Å²) in [6, 6.07) is 9.73. The minimum Gasteiger partial charge on any atom is -0.492 e. The van der Waals surface area contributed by atoms with Crippen molar-refractivity contribution in [1.82, 2.24) is 3.97 Å². The molecule has 0 fully saturated rings. The van der Waals surface area contributed by atoms with Crippen LogP contribution in [0, 0.1) is 24.7 Å². The Labute approximate surface area is 176 Å². The molecular formula is C22H22ClNO4S. The molecule has 152 valence electrons. The maximum Gasteiger partial charge on any atom is 0.268 e. The van der Waals surface area contributed by atoms with Crippen LogP contribution in [0.5, 0.6) is 5.75 Å². The van der Waals surface area contributed by atoms with Crippen LogP contribution >= 0.6 is 11.6 Å². The minimum absolute atomic E-state index is 0.159. The van der Waals surface area contributed by atoms with Crippen LogP contribution in [0.3, 0.4) is 0 Å². The lowest BCUT2D eigenvalue weighted by Crippen LogP contribution is -2.13. The van der Waals surface area contributed by atoms with Gasteiger partial charge in [0.2, 0.25) is 5.76 Å². The van der Waals surface area contributed by atoms with Gasteiger partial charge in [-0.05, 0) is 37.0 Å². The number of hydrogen-bond donors (Lipinski definition) is 0. The van der Waals surface area contributed by atoms with Gasteiger partial charge in [-0.1, -0.05) is 49.1 Å². The van der Waals surface area contributed by atoms with E-state index in [0.717, 1.165) is 9.54 Å². The van der Waals surface area contributed by atoms with Gasteiger partial charge in [0, 0.05) is 18.7 Å². The maximum atomic E-state index is 13.2. The Hall–Kier alpha value is -2.62. The van der Waals surface area contributed by atoms with Gasteiger partial charge in [-0.15, -0.1) is 0 Å². The highest BCUT2D eigenvalue weighted by atomic mass is 35.5. The first-order valence-corrected chi connectivity index (χ1v) is 10.9. The van der Waals surface area contributed by atoms with Crippen LogP contribution in [0.2, 0.25) is 5.02 Å². The van der Waals surface area contributed by atoms with Crippen molar-refractivity contribution in [2.45, 2.75) is 32.1 Å². The molecule has 0 radical (unpaired) electrons. The average Bonchev–Trinajstić information content (AvgIpc) is 3.25. The zero-order chi connectivity index (χ0) is 21.2. The standard InChI is InChI=1S/C22H22ClNO4S/c1-15(2)6-5-7-19-20(27-4)14-21(28-19)22-18(23)12-13-24(22)29(25,26)17-10-8-16(3)9-11-17/h8-15H,6H2,1-4H3. The van der Waals surface area contributed by atoms with Gasteiger partial charge in [-0.25, -0.2) is 12.4 Å². The molecule has 29 heavy (non-hydrogen) atoms. The zero-order valence-corrected chi connectivity index (χ0v) is 18.3. The fraction of sp³-hybridized carbons (Fsp3) is 0.273. The summed E-state index contributed by atoms with van der Waals surface area (Å²) >= 11 is 6.33. The monoisotopic (exact) mass is 431 g/mol. The van der Waals surface area contributed by atoms with E-state index < -0.39 is 10.0 Å². The van der Waals surface area contributed by atoms with E-state index in [1.54, 1.807) is 30.3 Å². The van der Waals surface area contributed by atoms with E-state index in [-0.39, 0.29) is 21.4 Å². The summed E-state index contributed by atoms with van der Waals surface area (Å²) in [5.41, 5.74) is 1.19. The van der Waals surface area contributed by atoms with Crippen LogP contribution in [0.4, 0.5) is 0 Å². The normalized spacial score (nSPS) is 11.4. The molecule has 5 nitrogen and oxygen atoms in total. The van der Waals surface area contributed by atoms with Crippen molar-refractivity contribution >= 4 is 21.6 Å². The van der Waals surface area contributed by atoms with Crippen molar-refractivity contribution in [3.63, 3.8) is 0 Å². The number of aromatic nitrogens is 1. The number of hydrogen-bond acceptors (Lipinski definition) is 4. The number of rotatable bonds is 5. The van der Waals surface area contributed by atoms with Gasteiger partial charge in [0.25, 0.3) is 10.0 Å². The third-order valence-electron chi connectivity index (χ3n) is 4.24. The number of methoxy groups -OCH3 is 1. The summed E-state index contributed by atoms with van der Waals surface area (Å²) in [5, 5.41) is 0.249. The largest absolute Gasteiger partial charge is 0.492 e. The predicted molar refractivity (Wildman–Crippen MR) is 114 cm³/mol. The van der Waals surface area contributed by atoms with E-state index in [9.17, 15) is 8.42 Å². The van der Waals surface area contributed by atoms with Crippen LogP contribution in [-0.4, -0.2) is 19.5 Å². The second-order valence-electron chi connectivity index (χ2n) is 7.03. The zero-order valence-electron chi connectivity index (χ0n) is 16.7. The first kappa shape index (κ1) is 21.1. The molecule has 7 heteroatoms. The van der Waals surface area contributed by atoms with E-state index >= 15 is 0 Å². The molecule has 0 N–H and O–H groups in total. The molecular weight excluding hydrogens is 410 g/mol. The molecule has 0 aliphatic heterocycles. The van der Waals surface area contributed by atoms with Crippen molar-refractivity contribution in [3.8, 4) is 29.0 Å². The van der Waals surface area contributed by atoms with Crippen molar-refractivity contribution in [3.05, 3.63) is 58.9 Å². The van der Waals surface area contributed by atoms with Gasteiger partial charge in [0.1, 0.15) is 5.69 Å². The number of halogens is 1. The average molecular weight is 432 g/mol. The molecule has 0 saturated carbocycles. The number of furan rings is 1. The molecule has 2 heterocycles. The van der Waals surface area contributed by atoms with Crippen LogP contribution in [0.25, 0.3) is 11.5 Å². The summed E-state index contributed by atoms with van der Waals surface area (Å²) in [6.45, 7) is 6.04. The van der Waals surface area contributed by atoms with Crippen molar-refractivity contribution < 1.29 is 17.6 Å². The van der Waals surface area contributed by atoms with Crippen LogP contribution < -0.4 is 4.74 Å². The lowest BCUT2D eigenvalue weighted by molar-refractivity contribution is 0.403. The SMILES string of the molecule is COc1cc(-c2c(Cl)ccn2S(=O)(=O)c2ccc(C)cc2)oc1C#CCC(C)C. The summed E-state index contributed by atoms with van der Waals surface area (Å²) < 4.78 is 38.6. The first-order valence-electron chi connectivity index (χ1n) is 9.10. The highest BCUT2D eigenvalue weighted by molar-refractivity contribution is 7.90. The number of ether oxygens (including phenoxy) is 1. The Bertz CT molecular complexity index is 1180. The van der Waals surface area contributed by atoms with Crippen molar-refractivity contribution in [1.29, 1.82) is 0 Å². The molecule has 0 spiro atoms. The molecule has 0 amide bonds. The summed E-state index contributed by atoms with van der Waals surface area (Å²) in [4.78, 5) is 0.159. The molecule has 0 atom stereocenters. The Balaban J connectivity index is 2.09. The van der Waals surface area contributed by atoms with Gasteiger partial charge < -0.3 is 9.15 Å². The molecule has 0 bridgehead atoms. The van der Waals surface area contributed by atoms with E-state index in [4.69, 9.17) is 20.8 Å². The fourth-order valence-corrected chi connectivity index (χ4v) is 4.36. The first-order chi connectivity index (χ1) is 13.7. The fourth-order valence-electron chi connectivity index (χ4n) is 2.71. The molecule has 0 aliphatic rings. The van der Waals surface area contributed by atoms with E-state index in [2.05, 4.69) is 25.7 Å². The predicted octanol–water partition coefficient (Wildman–Crippen LogP) is 5.35. The van der Waals surface area contributed by atoms with Gasteiger partial charge in [0.15, 0.2) is 11.5 Å². The van der Waals surface area contributed by atoms with E-state index in [1.807, 2.05) is 6.92 Å². The number of aryl methyl sites for hydroxylation is 1. The Morgan fingerprint density at radius 3 is 2.52 bits per heavy atom. The highest BCUT2D eigenvalue weighted by Gasteiger charge is 2.25. The van der Waals surface area contributed by atoms with Gasteiger partial charge in [-0.2, -0.15) is 0 Å². The molecule has 0 saturated heterocycles. The Morgan fingerprint density at radius 1 is 1.21 bits per heavy atom. The van der Waals surface area contributed by atoms with Crippen LogP contribution in [-0.2, 0) is 10.0 Å². The molecule has 1 aromatic carbocycles. The lowest BCUT2D eigenvalue weighted by atomic mass is 10.1. The smallest absolute Gasteiger partial charge is 0.268 e. The third-order valence-corrected chi connectivity index (χ3v) is 6.24. The second-order valence-corrected chi connectivity index (χ2v) is 9.26. The highest BCUT2D eigenvalue weighted by Crippen LogP contribution is 2.37. The molecule has 0 unspecified atom stereocenters. The topological polar surface area (TPSA) is 61.4 Å². The van der Waals surface area contributed by atoms with E-state index in [0.29, 0.717) is 23.8 Å². The summed E-state index contributed by atoms with van der Waals surface area (Å²) in [7, 11) is -2.35. The van der Waals surface area contributed by atoms with Gasteiger partial charge in [0.05, 0.1) is 17.0 Å². The van der Waals surface area contributed by atoms with Crippen molar-refractivity contribution in [2.24, 2.45) is 5.92 Å². The molecule has 0 aliphatic carbocycles. The number of nitrogens with zero attached hydrogens (tertiary/aromatic N) is 1. The van der Waals surface area contributed by atoms with Gasteiger partial charge >= 0.3 is 0 Å². The molecule has 3 aromatic rings. The Kier molecular flexibility index (Phi) is 6.11. The lowest BCUT2D eigenvalue weighted by Gasteiger charge is -2.09. The van der Waals surface area contributed by atoms with Crippen LogP contribution in [0.15, 0.2) is 51.9 Å². The van der Waals surface area contributed by atoms with E-state index in [1.165, 1.54) is 19.4 Å². The quantitative estimate of drug-likeness (QED) is 0.510. The number of benzene rings is 1. The third kappa shape index (κ3) is 4.36. The van der Waals surface area contributed by atoms with Crippen LogP contribution in [0.1, 0.15) is 31.6 Å². The van der Waals surface area contributed by atoms with Crippen molar-refractivity contribution in [2.75, 3.05) is 7.11 Å². The second kappa shape index (κ2) is 8.40. The molecule has 3 rings (SSSR count).